The molecule has 31 heavy (non-hydrogen) atoms. The highest BCUT2D eigenvalue weighted by Gasteiger charge is 2.39. The van der Waals surface area contributed by atoms with Crippen LogP contribution in [0.2, 0.25) is 0 Å². The molecule has 3 heterocycles. The summed E-state index contributed by atoms with van der Waals surface area (Å²) in [5, 5.41) is 2.36. The van der Waals surface area contributed by atoms with Gasteiger partial charge in [-0.15, -0.1) is 0 Å². The molecule has 6 nitrogen and oxygen atoms in total. The molecule has 1 N–H and O–H groups in total. The van der Waals surface area contributed by atoms with Crippen LogP contribution in [0, 0.1) is 0 Å². The molecule has 0 aliphatic carbocycles. The van der Waals surface area contributed by atoms with Crippen molar-refractivity contribution in [3.63, 3.8) is 0 Å². The number of carbonyl (C=O) groups excluding carboxylic acids is 3. The topological polar surface area (TPSA) is 69.7 Å². The molecule has 160 valence electrons. The fourth-order valence-corrected chi connectivity index (χ4v) is 5.11. The zero-order valence-corrected chi connectivity index (χ0v) is 17.5. The number of carbonyl (C=O) groups is 3. The smallest absolute Gasteiger partial charge is 0.255 e. The van der Waals surface area contributed by atoms with E-state index in [0.717, 1.165) is 38.0 Å². The van der Waals surface area contributed by atoms with Crippen LogP contribution in [-0.4, -0.2) is 46.7 Å². The van der Waals surface area contributed by atoms with Crippen LogP contribution >= 0.6 is 0 Å². The Labute approximate surface area is 182 Å². The third-order valence-electron chi connectivity index (χ3n) is 6.86. The number of hydrogen-bond donors (Lipinski definition) is 1. The van der Waals surface area contributed by atoms with Gasteiger partial charge in [0.1, 0.15) is 6.04 Å². The Balaban J connectivity index is 1.24. The Bertz CT molecular complexity index is 1010. The van der Waals surface area contributed by atoms with Gasteiger partial charge in [-0.1, -0.05) is 42.5 Å². The number of imide groups is 1. The standard InChI is InChI=1S/C25H27N3O3/c29-23-9-8-22(24(30)26-23)28-16-20-14-19(6-7-21(20)25(28)31)18-10-12-27(13-11-18)15-17-4-2-1-3-5-17/h1-7,14,18,22H,8-13,15-16H2,(H,26,29,30)/t22-/m0/s1. The molecule has 0 saturated carbocycles. The summed E-state index contributed by atoms with van der Waals surface area (Å²) < 4.78 is 0. The summed E-state index contributed by atoms with van der Waals surface area (Å²) in [7, 11) is 0. The molecule has 6 heteroatoms. The van der Waals surface area contributed by atoms with Crippen LogP contribution in [0.4, 0.5) is 0 Å². The average molecular weight is 418 g/mol. The highest BCUT2D eigenvalue weighted by atomic mass is 16.2. The van der Waals surface area contributed by atoms with Gasteiger partial charge in [0, 0.05) is 25.1 Å². The maximum atomic E-state index is 12.9. The van der Waals surface area contributed by atoms with E-state index < -0.39 is 6.04 Å². The van der Waals surface area contributed by atoms with E-state index in [0.29, 0.717) is 24.4 Å². The molecular weight excluding hydrogens is 390 g/mol. The zero-order chi connectivity index (χ0) is 21.4. The number of rotatable bonds is 4. The number of likely N-dealkylation sites (tertiary alicyclic amines) is 1. The van der Waals surface area contributed by atoms with Crippen molar-refractivity contribution in [2.45, 2.75) is 50.7 Å². The molecule has 0 bridgehead atoms. The summed E-state index contributed by atoms with van der Waals surface area (Å²) in [5.74, 6) is -0.222. The first-order valence-corrected chi connectivity index (χ1v) is 11.1. The van der Waals surface area contributed by atoms with E-state index in [1.807, 2.05) is 6.07 Å². The number of hydrogen-bond acceptors (Lipinski definition) is 4. The van der Waals surface area contributed by atoms with Crippen LogP contribution < -0.4 is 5.32 Å². The number of fused-ring (bicyclic) bond motifs is 1. The molecule has 1 atom stereocenters. The Morgan fingerprint density at radius 3 is 2.45 bits per heavy atom. The molecule has 0 aromatic heterocycles. The first-order valence-electron chi connectivity index (χ1n) is 11.1. The number of nitrogens with zero attached hydrogens (tertiary/aromatic N) is 2. The SMILES string of the molecule is O=C1CC[C@H](N2Cc3cc(C4CCN(Cc5ccccc5)CC4)ccc3C2=O)C(=O)N1. The number of piperidine rings is 2. The van der Waals surface area contributed by atoms with E-state index in [9.17, 15) is 14.4 Å². The maximum Gasteiger partial charge on any atom is 0.255 e. The first kappa shape index (κ1) is 19.9. The van der Waals surface area contributed by atoms with Crippen molar-refractivity contribution in [1.82, 2.24) is 15.1 Å². The minimum absolute atomic E-state index is 0.103. The number of benzene rings is 2. The third kappa shape index (κ3) is 4.00. The minimum atomic E-state index is -0.553. The molecule has 2 aromatic carbocycles. The van der Waals surface area contributed by atoms with Crippen molar-refractivity contribution in [1.29, 1.82) is 0 Å². The molecular formula is C25H27N3O3. The van der Waals surface area contributed by atoms with Gasteiger partial charge in [-0.25, -0.2) is 0 Å². The van der Waals surface area contributed by atoms with Crippen LogP contribution in [0.5, 0.6) is 0 Å². The third-order valence-corrected chi connectivity index (χ3v) is 6.86. The molecule has 2 aromatic rings. The fourth-order valence-electron chi connectivity index (χ4n) is 5.11. The molecule has 0 radical (unpaired) electrons. The molecule has 0 unspecified atom stereocenters. The molecule has 2 fully saturated rings. The Kier molecular flexibility index (Phi) is 5.32. The normalized spacial score (nSPS) is 22.5. The first-order chi connectivity index (χ1) is 15.1. The van der Waals surface area contributed by atoms with E-state index in [2.05, 4.69) is 52.7 Å². The van der Waals surface area contributed by atoms with E-state index >= 15 is 0 Å². The predicted octanol–water partition coefficient (Wildman–Crippen LogP) is 2.83. The molecule has 3 aliphatic heterocycles. The summed E-state index contributed by atoms with van der Waals surface area (Å²) in [5.41, 5.74) is 4.33. The van der Waals surface area contributed by atoms with Gasteiger partial charge in [0.05, 0.1) is 0 Å². The second-order valence-corrected chi connectivity index (χ2v) is 8.85. The number of nitrogens with one attached hydrogen (secondary N) is 1. The van der Waals surface area contributed by atoms with E-state index in [1.165, 1.54) is 11.1 Å². The second kappa shape index (κ2) is 8.27. The minimum Gasteiger partial charge on any atom is -0.322 e. The Morgan fingerprint density at radius 1 is 0.935 bits per heavy atom. The summed E-state index contributed by atoms with van der Waals surface area (Å²) >= 11 is 0. The van der Waals surface area contributed by atoms with Gasteiger partial charge in [0.2, 0.25) is 11.8 Å². The summed E-state index contributed by atoms with van der Waals surface area (Å²) in [4.78, 5) is 40.7. The monoisotopic (exact) mass is 417 g/mol. The van der Waals surface area contributed by atoms with E-state index in [1.54, 1.807) is 4.90 Å². The lowest BCUT2D eigenvalue weighted by Crippen LogP contribution is -2.52. The molecule has 3 aliphatic rings. The quantitative estimate of drug-likeness (QED) is 0.777. The van der Waals surface area contributed by atoms with Crippen molar-refractivity contribution >= 4 is 17.7 Å². The predicted molar refractivity (Wildman–Crippen MR) is 116 cm³/mol. The Hall–Kier alpha value is -2.99. The van der Waals surface area contributed by atoms with Crippen LogP contribution in [0.1, 0.15) is 58.6 Å². The van der Waals surface area contributed by atoms with Gasteiger partial charge in [0.15, 0.2) is 0 Å². The summed E-state index contributed by atoms with van der Waals surface area (Å²) in [6, 6.07) is 16.2. The van der Waals surface area contributed by atoms with Crippen molar-refractivity contribution in [3.05, 3.63) is 70.8 Å². The van der Waals surface area contributed by atoms with Crippen molar-refractivity contribution in [3.8, 4) is 0 Å². The molecule has 3 amide bonds. The van der Waals surface area contributed by atoms with Crippen molar-refractivity contribution in [2.24, 2.45) is 0 Å². The maximum absolute atomic E-state index is 12.9. The van der Waals surface area contributed by atoms with E-state index in [4.69, 9.17) is 0 Å². The lowest BCUT2D eigenvalue weighted by atomic mass is 9.87. The van der Waals surface area contributed by atoms with Gasteiger partial charge in [-0.05, 0) is 61.0 Å². The van der Waals surface area contributed by atoms with Crippen LogP contribution in [-0.2, 0) is 22.7 Å². The second-order valence-electron chi connectivity index (χ2n) is 8.85. The summed E-state index contributed by atoms with van der Waals surface area (Å²) in [6.07, 6.45) is 2.90. The Morgan fingerprint density at radius 2 is 1.71 bits per heavy atom. The highest BCUT2D eigenvalue weighted by molar-refractivity contribution is 6.05. The van der Waals surface area contributed by atoms with Crippen LogP contribution in [0.3, 0.4) is 0 Å². The molecule has 0 spiro atoms. The van der Waals surface area contributed by atoms with Crippen LogP contribution in [0.25, 0.3) is 0 Å². The highest BCUT2D eigenvalue weighted by Crippen LogP contribution is 2.33. The lowest BCUT2D eigenvalue weighted by Gasteiger charge is -2.32. The number of amides is 3. The molecule has 5 rings (SSSR count). The summed E-state index contributed by atoms with van der Waals surface area (Å²) in [6.45, 7) is 3.57. The van der Waals surface area contributed by atoms with Gasteiger partial charge < -0.3 is 4.90 Å². The zero-order valence-electron chi connectivity index (χ0n) is 17.5. The van der Waals surface area contributed by atoms with Gasteiger partial charge in [-0.2, -0.15) is 0 Å². The van der Waals surface area contributed by atoms with Crippen LogP contribution in [0.15, 0.2) is 48.5 Å². The van der Waals surface area contributed by atoms with Gasteiger partial charge in [-0.3, -0.25) is 24.6 Å². The molecule has 2 saturated heterocycles. The largest absolute Gasteiger partial charge is 0.322 e. The van der Waals surface area contributed by atoms with E-state index in [-0.39, 0.29) is 24.1 Å². The van der Waals surface area contributed by atoms with Gasteiger partial charge in [0.25, 0.3) is 5.91 Å². The average Bonchev–Trinajstić information content (AvgIpc) is 3.10. The van der Waals surface area contributed by atoms with Crippen molar-refractivity contribution < 1.29 is 14.4 Å². The fraction of sp³-hybridized carbons (Fsp3) is 0.400. The van der Waals surface area contributed by atoms with Crippen molar-refractivity contribution in [2.75, 3.05) is 13.1 Å². The lowest BCUT2D eigenvalue weighted by molar-refractivity contribution is -0.136. The van der Waals surface area contributed by atoms with Gasteiger partial charge >= 0.3 is 0 Å².